The molecule has 2 N–H and O–H groups in total. The Hall–Kier alpha value is -1.59. The minimum atomic E-state index is -0.882. The van der Waals surface area contributed by atoms with Crippen LogP contribution in [0.2, 0.25) is 0 Å². The molecule has 116 valence electrons. The molecule has 2 rings (SSSR count). The van der Waals surface area contributed by atoms with Crippen LogP contribution >= 0.6 is 0 Å². The highest BCUT2D eigenvalue weighted by Gasteiger charge is 2.24. The minimum absolute atomic E-state index is 0.367. The van der Waals surface area contributed by atoms with E-state index < -0.39 is 11.6 Å². The number of hydrogen-bond donors (Lipinski definition) is 2. The molecule has 0 saturated carbocycles. The predicted molar refractivity (Wildman–Crippen MR) is 83.1 cm³/mol. The third-order valence-corrected chi connectivity index (χ3v) is 3.71. The molecule has 0 radical (unpaired) electrons. The molecule has 5 heteroatoms. The van der Waals surface area contributed by atoms with Crippen LogP contribution in [0.5, 0.6) is 0 Å². The molecule has 0 aliphatic carbocycles. The molecule has 0 bridgehead atoms. The van der Waals surface area contributed by atoms with E-state index in [1.807, 2.05) is 32.9 Å². The first-order valence-electron chi connectivity index (χ1n) is 7.30. The molecule has 1 saturated heterocycles. The van der Waals surface area contributed by atoms with Crippen LogP contribution < -0.4 is 4.90 Å². The van der Waals surface area contributed by atoms with Gasteiger partial charge in [-0.3, -0.25) is 4.90 Å². The molecule has 0 unspecified atom stereocenters. The predicted octanol–water partition coefficient (Wildman–Crippen LogP) is 1.59. The summed E-state index contributed by atoms with van der Waals surface area (Å²) in [4.78, 5) is 15.7. The third-order valence-electron chi connectivity index (χ3n) is 3.71. The van der Waals surface area contributed by atoms with Crippen molar-refractivity contribution in [3.63, 3.8) is 0 Å². The average molecular weight is 292 g/mol. The van der Waals surface area contributed by atoms with Crippen molar-refractivity contribution in [2.75, 3.05) is 37.6 Å². The average Bonchev–Trinajstić information content (AvgIpc) is 2.38. The van der Waals surface area contributed by atoms with Gasteiger partial charge < -0.3 is 15.1 Å². The monoisotopic (exact) mass is 292 g/mol. The number of piperazine rings is 1. The summed E-state index contributed by atoms with van der Waals surface area (Å²) in [5.74, 6) is -0.882. The fourth-order valence-corrected chi connectivity index (χ4v) is 2.79. The summed E-state index contributed by atoms with van der Waals surface area (Å²) in [5, 5.41) is 19.2. The van der Waals surface area contributed by atoms with Crippen molar-refractivity contribution in [2.45, 2.75) is 26.4 Å². The van der Waals surface area contributed by atoms with Crippen LogP contribution in [0.4, 0.5) is 5.69 Å². The van der Waals surface area contributed by atoms with Crippen LogP contribution in [0.25, 0.3) is 0 Å². The molecule has 0 spiro atoms. The Morgan fingerprint density at radius 2 is 1.86 bits per heavy atom. The summed E-state index contributed by atoms with van der Waals surface area (Å²) in [6.45, 7) is 9.37. The second-order valence-corrected chi connectivity index (χ2v) is 6.40. The van der Waals surface area contributed by atoms with Crippen molar-refractivity contribution < 1.29 is 15.0 Å². The van der Waals surface area contributed by atoms with Gasteiger partial charge in [0.05, 0.1) is 16.9 Å². The van der Waals surface area contributed by atoms with Gasteiger partial charge in [-0.25, -0.2) is 4.79 Å². The number of carboxylic acid groups (broad SMARTS) is 1. The first-order valence-corrected chi connectivity index (χ1v) is 7.30. The van der Waals surface area contributed by atoms with Gasteiger partial charge in [0, 0.05) is 32.7 Å². The molecule has 1 fully saturated rings. The van der Waals surface area contributed by atoms with Crippen LogP contribution in [0.1, 0.15) is 29.8 Å². The number of carboxylic acids is 1. The molecular weight excluding hydrogens is 268 g/mol. The molecule has 1 aromatic carbocycles. The van der Waals surface area contributed by atoms with E-state index in [4.69, 9.17) is 0 Å². The van der Waals surface area contributed by atoms with Gasteiger partial charge in [0.25, 0.3) is 0 Å². The number of β-amino-alcohol motifs (C(OH)–C–C–N with tert-alkyl or cyclic N) is 1. The number of benzene rings is 1. The number of anilines is 1. The van der Waals surface area contributed by atoms with Crippen molar-refractivity contribution in [1.82, 2.24) is 4.90 Å². The zero-order valence-corrected chi connectivity index (χ0v) is 13.0. The summed E-state index contributed by atoms with van der Waals surface area (Å²) in [6, 6.07) is 5.57. The van der Waals surface area contributed by atoms with E-state index in [9.17, 15) is 15.0 Å². The number of nitrogens with zero attached hydrogens (tertiary/aromatic N) is 2. The number of hydrogen-bond acceptors (Lipinski definition) is 4. The normalized spacial score (nSPS) is 17.0. The zero-order valence-electron chi connectivity index (χ0n) is 13.0. The van der Waals surface area contributed by atoms with Crippen molar-refractivity contribution in [3.05, 3.63) is 29.3 Å². The summed E-state index contributed by atoms with van der Waals surface area (Å²) in [7, 11) is 0. The third kappa shape index (κ3) is 4.19. The van der Waals surface area contributed by atoms with E-state index in [1.165, 1.54) is 0 Å². The maximum atomic E-state index is 11.4. The molecule has 1 heterocycles. The number of aryl methyl sites for hydroxylation is 1. The summed E-state index contributed by atoms with van der Waals surface area (Å²) in [5.41, 5.74) is 1.41. The maximum Gasteiger partial charge on any atom is 0.337 e. The number of aromatic carboxylic acids is 1. The molecule has 1 aromatic rings. The summed E-state index contributed by atoms with van der Waals surface area (Å²) < 4.78 is 0. The van der Waals surface area contributed by atoms with E-state index in [0.717, 1.165) is 37.4 Å². The van der Waals surface area contributed by atoms with Gasteiger partial charge in [-0.15, -0.1) is 0 Å². The van der Waals surface area contributed by atoms with Gasteiger partial charge in [-0.2, -0.15) is 0 Å². The van der Waals surface area contributed by atoms with Crippen LogP contribution in [0.15, 0.2) is 18.2 Å². The Kier molecular flexibility index (Phi) is 4.54. The first-order chi connectivity index (χ1) is 9.76. The number of rotatable bonds is 4. The largest absolute Gasteiger partial charge is 0.478 e. The van der Waals surface area contributed by atoms with Crippen LogP contribution in [-0.4, -0.2) is 59.4 Å². The van der Waals surface area contributed by atoms with E-state index in [1.54, 1.807) is 6.07 Å². The molecule has 21 heavy (non-hydrogen) atoms. The van der Waals surface area contributed by atoms with E-state index in [2.05, 4.69) is 9.80 Å². The van der Waals surface area contributed by atoms with Crippen molar-refractivity contribution in [2.24, 2.45) is 0 Å². The van der Waals surface area contributed by atoms with Crippen molar-refractivity contribution in [3.8, 4) is 0 Å². The highest BCUT2D eigenvalue weighted by atomic mass is 16.4. The molecule has 0 aromatic heterocycles. The highest BCUT2D eigenvalue weighted by molar-refractivity contribution is 5.94. The SMILES string of the molecule is Cc1ccc(N2CCN(CC(C)(C)O)CC2)c(C(=O)O)c1. The van der Waals surface area contributed by atoms with Gasteiger partial charge >= 0.3 is 5.97 Å². The van der Waals surface area contributed by atoms with E-state index in [-0.39, 0.29) is 0 Å². The zero-order chi connectivity index (χ0) is 15.6. The molecule has 0 amide bonds. The highest BCUT2D eigenvalue weighted by Crippen LogP contribution is 2.23. The Bertz CT molecular complexity index is 515. The first kappa shape index (κ1) is 15.8. The summed E-state index contributed by atoms with van der Waals surface area (Å²) >= 11 is 0. The molecule has 5 nitrogen and oxygen atoms in total. The van der Waals surface area contributed by atoms with E-state index in [0.29, 0.717) is 12.1 Å². The molecular formula is C16H24N2O3. The lowest BCUT2D eigenvalue weighted by molar-refractivity contribution is 0.0345. The number of aliphatic hydroxyl groups is 1. The number of carbonyl (C=O) groups is 1. The van der Waals surface area contributed by atoms with Gasteiger partial charge in [0.2, 0.25) is 0 Å². The lowest BCUT2D eigenvalue weighted by Crippen LogP contribution is -2.50. The van der Waals surface area contributed by atoms with E-state index >= 15 is 0 Å². The Labute approximate surface area is 125 Å². The lowest BCUT2D eigenvalue weighted by Gasteiger charge is -2.38. The van der Waals surface area contributed by atoms with Crippen LogP contribution in [0.3, 0.4) is 0 Å². The fraction of sp³-hybridized carbons (Fsp3) is 0.562. The van der Waals surface area contributed by atoms with Crippen molar-refractivity contribution in [1.29, 1.82) is 0 Å². The second-order valence-electron chi connectivity index (χ2n) is 6.40. The topological polar surface area (TPSA) is 64.0 Å². The fourth-order valence-electron chi connectivity index (χ4n) is 2.79. The van der Waals surface area contributed by atoms with Gasteiger partial charge in [-0.05, 0) is 32.9 Å². The minimum Gasteiger partial charge on any atom is -0.478 e. The van der Waals surface area contributed by atoms with Crippen molar-refractivity contribution >= 4 is 11.7 Å². The summed E-state index contributed by atoms with van der Waals surface area (Å²) in [6.07, 6.45) is 0. The smallest absolute Gasteiger partial charge is 0.337 e. The van der Waals surface area contributed by atoms with Crippen LogP contribution in [0, 0.1) is 6.92 Å². The standard InChI is InChI=1S/C16H24N2O3/c1-12-4-5-14(13(10-12)15(19)20)18-8-6-17(7-9-18)11-16(2,3)21/h4-5,10,21H,6-9,11H2,1-3H3,(H,19,20). The second kappa shape index (κ2) is 6.03. The maximum absolute atomic E-state index is 11.4. The van der Waals surface area contributed by atoms with Gasteiger partial charge in [0.15, 0.2) is 0 Å². The molecule has 1 aliphatic rings. The van der Waals surface area contributed by atoms with Crippen LogP contribution in [-0.2, 0) is 0 Å². The lowest BCUT2D eigenvalue weighted by atomic mass is 10.1. The Morgan fingerprint density at radius 3 is 2.38 bits per heavy atom. The quantitative estimate of drug-likeness (QED) is 0.882. The van der Waals surface area contributed by atoms with Gasteiger partial charge in [-0.1, -0.05) is 11.6 Å². The molecule has 1 aliphatic heterocycles. The molecule has 0 atom stereocenters. The van der Waals surface area contributed by atoms with Gasteiger partial charge in [0.1, 0.15) is 0 Å². The Morgan fingerprint density at radius 1 is 1.24 bits per heavy atom. The Balaban J connectivity index is 2.07.